The van der Waals surface area contributed by atoms with Gasteiger partial charge in [0, 0.05) is 16.8 Å². The first kappa shape index (κ1) is 9.53. The molecule has 0 radical (unpaired) electrons. The van der Waals surface area contributed by atoms with Crippen molar-refractivity contribution in [2.24, 2.45) is 0 Å². The summed E-state index contributed by atoms with van der Waals surface area (Å²) in [6.45, 7) is 2.02. The van der Waals surface area contributed by atoms with Gasteiger partial charge in [0.05, 0.1) is 5.52 Å². The Morgan fingerprint density at radius 1 is 1.21 bits per heavy atom. The molecule has 0 aliphatic rings. The van der Waals surface area contributed by atoms with Crippen LogP contribution in [0.2, 0.25) is 0 Å². The van der Waals surface area contributed by atoms with Gasteiger partial charge in [0.2, 0.25) is 0 Å². The molecule has 0 aliphatic carbocycles. The van der Waals surface area contributed by atoms with Gasteiger partial charge in [-0.3, -0.25) is 4.98 Å². The molecule has 0 bridgehead atoms. The lowest BCUT2D eigenvalue weighted by atomic mass is 10.1. The van der Waals surface area contributed by atoms with Crippen molar-refractivity contribution in [2.45, 2.75) is 12.7 Å². The van der Waals surface area contributed by atoms with Crippen molar-refractivity contribution in [1.29, 1.82) is 0 Å². The number of pyridine rings is 1. The number of thioether (sulfide) groups is 1. The Balaban J connectivity index is 2.50. The van der Waals surface area contributed by atoms with Crippen molar-refractivity contribution < 1.29 is 0 Å². The predicted octanol–water partition coefficient (Wildman–Crippen LogP) is 3.41. The highest BCUT2D eigenvalue weighted by Crippen LogP contribution is 2.17. The number of aryl methyl sites for hydroxylation is 1. The van der Waals surface area contributed by atoms with E-state index in [1.54, 1.807) is 0 Å². The third kappa shape index (κ3) is 1.90. The van der Waals surface area contributed by atoms with Crippen molar-refractivity contribution in [3.63, 3.8) is 0 Å². The first-order valence-corrected chi connectivity index (χ1v) is 6.04. The van der Waals surface area contributed by atoms with E-state index in [4.69, 9.17) is 0 Å². The zero-order valence-corrected chi connectivity index (χ0v) is 9.27. The maximum absolute atomic E-state index is 4.47. The topological polar surface area (TPSA) is 12.9 Å². The average Bonchev–Trinajstić information content (AvgIpc) is 2.19. The van der Waals surface area contributed by atoms with Crippen LogP contribution in [0.3, 0.4) is 0 Å². The van der Waals surface area contributed by atoms with Gasteiger partial charge in [0.25, 0.3) is 0 Å². The van der Waals surface area contributed by atoms with Gasteiger partial charge in [-0.25, -0.2) is 0 Å². The van der Waals surface area contributed by atoms with Crippen molar-refractivity contribution >= 4 is 22.7 Å². The zero-order valence-electron chi connectivity index (χ0n) is 8.45. The van der Waals surface area contributed by atoms with Crippen LogP contribution in [0.4, 0.5) is 0 Å². The Morgan fingerprint density at radius 2 is 2.07 bits per heavy atom. The van der Waals surface area contributed by atoms with E-state index in [-0.39, 0.29) is 0 Å². The molecule has 1 nitrogen and oxygen atoms in total. The van der Waals surface area contributed by atoms with Crippen LogP contribution in [0.25, 0.3) is 10.9 Å². The van der Waals surface area contributed by atoms with Crippen LogP contribution < -0.4 is 0 Å². The standard InChI is InChI=1S/C12H13NS/c1-9-3-5-11-7-10(8-14-2)4-6-12(11)13-9/h3-7H,8H2,1-2H3. The molecule has 1 heterocycles. The van der Waals surface area contributed by atoms with E-state index in [0.717, 1.165) is 17.0 Å². The van der Waals surface area contributed by atoms with Crippen LogP contribution in [0.1, 0.15) is 11.3 Å². The molecule has 14 heavy (non-hydrogen) atoms. The molecule has 72 valence electrons. The van der Waals surface area contributed by atoms with Crippen LogP contribution >= 0.6 is 11.8 Å². The summed E-state index contributed by atoms with van der Waals surface area (Å²) in [7, 11) is 0. The molecule has 0 atom stereocenters. The van der Waals surface area contributed by atoms with E-state index in [9.17, 15) is 0 Å². The van der Waals surface area contributed by atoms with Gasteiger partial charge in [0.1, 0.15) is 0 Å². The highest BCUT2D eigenvalue weighted by atomic mass is 32.2. The largest absolute Gasteiger partial charge is 0.253 e. The van der Waals surface area contributed by atoms with Crippen LogP contribution in [-0.2, 0) is 5.75 Å². The summed E-state index contributed by atoms with van der Waals surface area (Å²) in [4.78, 5) is 4.47. The molecular formula is C12H13NS. The van der Waals surface area contributed by atoms with E-state index in [0.29, 0.717) is 0 Å². The highest BCUT2D eigenvalue weighted by Gasteiger charge is 1.97. The van der Waals surface area contributed by atoms with Crippen molar-refractivity contribution in [3.05, 3.63) is 41.6 Å². The molecule has 0 spiro atoms. The minimum Gasteiger partial charge on any atom is -0.253 e. The van der Waals surface area contributed by atoms with E-state index in [1.807, 2.05) is 18.7 Å². The summed E-state index contributed by atoms with van der Waals surface area (Å²) in [6, 6.07) is 10.7. The lowest BCUT2D eigenvalue weighted by Gasteiger charge is -2.02. The Morgan fingerprint density at radius 3 is 2.86 bits per heavy atom. The Kier molecular flexibility index (Phi) is 2.73. The third-order valence-corrected chi connectivity index (χ3v) is 2.83. The fourth-order valence-corrected chi connectivity index (χ4v) is 2.05. The molecule has 0 saturated carbocycles. The number of aromatic nitrogens is 1. The smallest absolute Gasteiger partial charge is 0.0705 e. The van der Waals surface area contributed by atoms with Crippen molar-refractivity contribution in [1.82, 2.24) is 4.98 Å². The van der Waals surface area contributed by atoms with Gasteiger partial charge in [-0.2, -0.15) is 11.8 Å². The number of nitrogens with zero attached hydrogens (tertiary/aromatic N) is 1. The van der Waals surface area contributed by atoms with Crippen LogP contribution in [0.15, 0.2) is 30.3 Å². The first-order chi connectivity index (χ1) is 6.79. The van der Waals surface area contributed by atoms with Crippen LogP contribution in [0, 0.1) is 6.92 Å². The van der Waals surface area contributed by atoms with Crippen LogP contribution in [0.5, 0.6) is 0 Å². The van der Waals surface area contributed by atoms with E-state index in [1.165, 1.54) is 10.9 Å². The number of rotatable bonds is 2. The first-order valence-electron chi connectivity index (χ1n) is 4.65. The summed E-state index contributed by atoms with van der Waals surface area (Å²) in [5, 5.41) is 1.24. The van der Waals surface area contributed by atoms with E-state index < -0.39 is 0 Å². The second-order valence-electron chi connectivity index (χ2n) is 3.41. The Bertz CT molecular complexity index is 451. The zero-order chi connectivity index (χ0) is 9.97. The summed E-state index contributed by atoms with van der Waals surface area (Å²) < 4.78 is 0. The number of hydrogen-bond donors (Lipinski definition) is 0. The van der Waals surface area contributed by atoms with Gasteiger partial charge in [-0.1, -0.05) is 12.1 Å². The third-order valence-electron chi connectivity index (χ3n) is 2.20. The SMILES string of the molecule is CSCc1ccc2nc(C)ccc2c1. The summed E-state index contributed by atoms with van der Waals surface area (Å²) in [5.74, 6) is 1.07. The molecule has 0 amide bonds. The summed E-state index contributed by atoms with van der Waals surface area (Å²) >= 11 is 1.85. The average molecular weight is 203 g/mol. The van der Waals surface area contributed by atoms with Gasteiger partial charge in [-0.15, -0.1) is 0 Å². The molecule has 1 aromatic heterocycles. The molecule has 2 heteroatoms. The molecule has 0 aliphatic heterocycles. The lowest BCUT2D eigenvalue weighted by molar-refractivity contribution is 1.25. The fourth-order valence-electron chi connectivity index (χ4n) is 1.53. The normalized spacial score (nSPS) is 10.7. The maximum atomic E-state index is 4.47. The summed E-state index contributed by atoms with van der Waals surface area (Å²) in [6.07, 6.45) is 2.12. The molecule has 1 aromatic carbocycles. The molecule has 0 unspecified atom stereocenters. The van der Waals surface area contributed by atoms with Crippen molar-refractivity contribution in [3.8, 4) is 0 Å². The molecule has 0 N–H and O–H groups in total. The molecule has 2 aromatic rings. The molecule has 2 rings (SSSR count). The molecular weight excluding hydrogens is 190 g/mol. The maximum Gasteiger partial charge on any atom is 0.0705 e. The van der Waals surface area contributed by atoms with Gasteiger partial charge >= 0.3 is 0 Å². The molecule has 0 fully saturated rings. The van der Waals surface area contributed by atoms with Crippen molar-refractivity contribution in [2.75, 3.05) is 6.26 Å². The number of hydrogen-bond acceptors (Lipinski definition) is 2. The van der Waals surface area contributed by atoms with E-state index >= 15 is 0 Å². The summed E-state index contributed by atoms with van der Waals surface area (Å²) in [5.41, 5.74) is 3.54. The second kappa shape index (κ2) is 4.01. The quantitative estimate of drug-likeness (QED) is 0.742. The second-order valence-corrected chi connectivity index (χ2v) is 4.28. The highest BCUT2D eigenvalue weighted by molar-refractivity contribution is 7.97. The minimum atomic E-state index is 1.07. The van der Waals surface area contributed by atoms with Gasteiger partial charge < -0.3 is 0 Å². The Hall–Kier alpha value is -1.02. The van der Waals surface area contributed by atoms with Gasteiger partial charge in [-0.05, 0) is 36.9 Å². The lowest BCUT2D eigenvalue weighted by Crippen LogP contribution is -1.85. The minimum absolute atomic E-state index is 1.07. The fraction of sp³-hybridized carbons (Fsp3) is 0.250. The van der Waals surface area contributed by atoms with Gasteiger partial charge in [0.15, 0.2) is 0 Å². The number of benzene rings is 1. The van der Waals surface area contributed by atoms with Crippen LogP contribution in [-0.4, -0.2) is 11.2 Å². The predicted molar refractivity (Wildman–Crippen MR) is 63.7 cm³/mol. The molecule has 0 saturated heterocycles. The monoisotopic (exact) mass is 203 g/mol. The number of fused-ring (bicyclic) bond motifs is 1. The van der Waals surface area contributed by atoms with E-state index in [2.05, 4.69) is 41.6 Å². The Labute approximate surface area is 88.6 Å².